The Morgan fingerprint density at radius 1 is 1.00 bits per heavy atom. The van der Waals surface area contributed by atoms with E-state index in [9.17, 15) is 19.2 Å². The first kappa shape index (κ1) is 22.5. The third kappa shape index (κ3) is 4.89. The molecular formula is C25H26N2O6. The molecule has 0 bridgehead atoms. The van der Waals surface area contributed by atoms with Crippen LogP contribution in [0.5, 0.6) is 5.75 Å². The molecule has 1 heterocycles. The maximum absolute atomic E-state index is 12.9. The van der Waals surface area contributed by atoms with Gasteiger partial charge in [0.25, 0.3) is 17.7 Å². The summed E-state index contributed by atoms with van der Waals surface area (Å²) in [6, 6.07) is 11.5. The van der Waals surface area contributed by atoms with Crippen LogP contribution >= 0.6 is 0 Å². The maximum atomic E-state index is 12.9. The number of esters is 1. The van der Waals surface area contributed by atoms with Gasteiger partial charge in [-0.2, -0.15) is 0 Å². The third-order valence-corrected chi connectivity index (χ3v) is 6.05. The second-order valence-corrected chi connectivity index (χ2v) is 8.24. The van der Waals surface area contributed by atoms with Gasteiger partial charge in [0, 0.05) is 12.6 Å². The van der Waals surface area contributed by atoms with Crippen molar-refractivity contribution in [1.82, 2.24) is 10.2 Å². The molecule has 8 heteroatoms. The zero-order valence-corrected chi connectivity index (χ0v) is 18.5. The Bertz CT molecular complexity index is 1090. The third-order valence-electron chi connectivity index (χ3n) is 6.05. The first-order valence-electron chi connectivity index (χ1n) is 11.1. The molecule has 2 aromatic carbocycles. The van der Waals surface area contributed by atoms with E-state index in [1.54, 1.807) is 19.2 Å². The fourth-order valence-corrected chi connectivity index (χ4v) is 4.31. The molecule has 2 aliphatic rings. The molecule has 4 rings (SSSR count). The number of nitrogens with zero attached hydrogens (tertiary/aromatic N) is 1. The van der Waals surface area contributed by atoms with Crippen LogP contribution in [0, 0.1) is 0 Å². The number of hydrogen-bond acceptors (Lipinski definition) is 6. The van der Waals surface area contributed by atoms with Crippen molar-refractivity contribution < 1.29 is 28.7 Å². The Morgan fingerprint density at radius 3 is 2.52 bits per heavy atom. The number of benzene rings is 2. The summed E-state index contributed by atoms with van der Waals surface area (Å²) in [7, 11) is 1.56. The van der Waals surface area contributed by atoms with Crippen molar-refractivity contribution in [2.45, 2.75) is 44.7 Å². The van der Waals surface area contributed by atoms with Crippen LogP contribution in [0.3, 0.4) is 0 Å². The second-order valence-electron chi connectivity index (χ2n) is 8.24. The highest BCUT2D eigenvalue weighted by Crippen LogP contribution is 2.31. The fourth-order valence-electron chi connectivity index (χ4n) is 4.31. The van der Waals surface area contributed by atoms with Gasteiger partial charge in [0.1, 0.15) is 5.75 Å². The average Bonchev–Trinajstić information content (AvgIpc) is 3.11. The van der Waals surface area contributed by atoms with E-state index in [0.29, 0.717) is 11.3 Å². The molecule has 0 spiro atoms. The summed E-state index contributed by atoms with van der Waals surface area (Å²) in [5.41, 5.74) is 1.49. The highest BCUT2D eigenvalue weighted by Gasteiger charge is 2.40. The average molecular weight is 450 g/mol. The summed E-state index contributed by atoms with van der Waals surface area (Å²) in [5.74, 6) is -1.18. The monoisotopic (exact) mass is 450 g/mol. The van der Waals surface area contributed by atoms with E-state index >= 15 is 0 Å². The van der Waals surface area contributed by atoms with Gasteiger partial charge in [0.2, 0.25) is 0 Å². The predicted molar refractivity (Wildman–Crippen MR) is 119 cm³/mol. The van der Waals surface area contributed by atoms with Crippen molar-refractivity contribution in [1.29, 1.82) is 0 Å². The van der Waals surface area contributed by atoms with Crippen LogP contribution < -0.4 is 10.1 Å². The van der Waals surface area contributed by atoms with E-state index < -0.39 is 18.5 Å². The Kier molecular flexibility index (Phi) is 6.72. The van der Waals surface area contributed by atoms with Gasteiger partial charge < -0.3 is 14.8 Å². The Balaban J connectivity index is 1.34. The van der Waals surface area contributed by atoms with Crippen LogP contribution in [-0.2, 0) is 16.1 Å². The number of ether oxygens (including phenoxy) is 2. The van der Waals surface area contributed by atoms with Gasteiger partial charge in [0.15, 0.2) is 6.61 Å². The van der Waals surface area contributed by atoms with Gasteiger partial charge in [-0.15, -0.1) is 0 Å². The minimum Gasteiger partial charge on any atom is -0.497 e. The van der Waals surface area contributed by atoms with Crippen molar-refractivity contribution in [3.8, 4) is 5.75 Å². The molecule has 3 amide bonds. The normalized spacial score (nSPS) is 15.8. The lowest BCUT2D eigenvalue weighted by Crippen LogP contribution is -2.40. The molecule has 0 saturated heterocycles. The SMILES string of the molecule is COc1cccc(CNC(=O)COC(=O)c2ccc3c(c2)C(=O)N(C2CCCCC2)C3=O)c1. The van der Waals surface area contributed by atoms with Gasteiger partial charge in [-0.1, -0.05) is 31.4 Å². The minimum absolute atomic E-state index is 0.0881. The van der Waals surface area contributed by atoms with Crippen LogP contribution in [0.2, 0.25) is 0 Å². The standard InChI is InChI=1S/C25H26N2O6/c1-32-19-9-5-6-16(12-19)14-26-22(28)15-33-25(31)17-10-11-20-21(13-17)24(30)27(23(20)29)18-7-3-2-4-8-18/h5-6,9-13,18H,2-4,7-8,14-15H2,1H3,(H,26,28). The van der Waals surface area contributed by atoms with Crippen LogP contribution in [0.25, 0.3) is 0 Å². The van der Waals surface area contributed by atoms with Crippen molar-refractivity contribution in [2.24, 2.45) is 0 Å². The summed E-state index contributed by atoms with van der Waals surface area (Å²) in [5, 5.41) is 2.68. The first-order chi connectivity index (χ1) is 16.0. The van der Waals surface area contributed by atoms with Crippen LogP contribution in [0.15, 0.2) is 42.5 Å². The Morgan fingerprint density at radius 2 is 1.76 bits per heavy atom. The van der Waals surface area contributed by atoms with Crippen molar-refractivity contribution in [3.05, 3.63) is 64.7 Å². The van der Waals surface area contributed by atoms with Gasteiger partial charge in [-0.05, 0) is 48.7 Å². The summed E-state index contributed by atoms with van der Waals surface area (Å²) >= 11 is 0. The highest BCUT2D eigenvalue weighted by molar-refractivity contribution is 6.22. The quantitative estimate of drug-likeness (QED) is 0.514. The van der Waals surface area contributed by atoms with E-state index in [0.717, 1.165) is 37.7 Å². The smallest absolute Gasteiger partial charge is 0.338 e. The second kappa shape index (κ2) is 9.85. The van der Waals surface area contributed by atoms with E-state index in [4.69, 9.17) is 9.47 Å². The number of imide groups is 1. The summed E-state index contributed by atoms with van der Waals surface area (Å²) in [6.45, 7) is -0.193. The molecule has 2 aromatic rings. The van der Waals surface area contributed by atoms with Gasteiger partial charge in [0.05, 0.1) is 23.8 Å². The molecule has 1 N–H and O–H groups in total. The summed E-state index contributed by atoms with van der Waals surface area (Å²) in [6.07, 6.45) is 4.73. The molecule has 1 aliphatic heterocycles. The molecule has 1 saturated carbocycles. The minimum atomic E-state index is -0.731. The van der Waals surface area contributed by atoms with Crippen LogP contribution in [0.1, 0.15) is 68.7 Å². The number of carbonyl (C=O) groups excluding carboxylic acids is 4. The van der Waals surface area contributed by atoms with Gasteiger partial charge in [-0.25, -0.2) is 4.79 Å². The van der Waals surface area contributed by atoms with Crippen LogP contribution in [-0.4, -0.2) is 48.3 Å². The largest absolute Gasteiger partial charge is 0.497 e. The van der Waals surface area contributed by atoms with Crippen molar-refractivity contribution in [3.63, 3.8) is 0 Å². The molecule has 1 fully saturated rings. The molecule has 0 atom stereocenters. The lowest BCUT2D eigenvalue weighted by Gasteiger charge is -2.29. The fraction of sp³-hybridized carbons (Fsp3) is 0.360. The number of hydrogen-bond donors (Lipinski definition) is 1. The van der Waals surface area contributed by atoms with Gasteiger partial charge in [-0.3, -0.25) is 19.3 Å². The predicted octanol–water partition coefficient (Wildman–Crippen LogP) is 3.10. The molecular weight excluding hydrogens is 424 g/mol. The van der Waals surface area contributed by atoms with E-state index in [2.05, 4.69) is 5.32 Å². The zero-order valence-electron chi connectivity index (χ0n) is 18.5. The molecule has 8 nitrogen and oxygen atoms in total. The molecule has 1 aliphatic carbocycles. The zero-order chi connectivity index (χ0) is 23.4. The van der Waals surface area contributed by atoms with Crippen molar-refractivity contribution in [2.75, 3.05) is 13.7 Å². The Hall–Kier alpha value is -3.68. The number of carbonyl (C=O) groups is 4. The summed E-state index contributed by atoms with van der Waals surface area (Å²) in [4.78, 5) is 51.5. The number of fused-ring (bicyclic) bond motifs is 1. The number of amides is 3. The van der Waals surface area contributed by atoms with E-state index in [1.807, 2.05) is 12.1 Å². The highest BCUT2D eigenvalue weighted by atomic mass is 16.5. The van der Waals surface area contributed by atoms with Crippen LogP contribution in [0.4, 0.5) is 0 Å². The topological polar surface area (TPSA) is 102 Å². The molecule has 33 heavy (non-hydrogen) atoms. The van der Waals surface area contributed by atoms with E-state index in [1.165, 1.54) is 23.1 Å². The first-order valence-corrected chi connectivity index (χ1v) is 11.1. The number of rotatable bonds is 7. The lowest BCUT2D eigenvalue weighted by atomic mass is 9.94. The van der Waals surface area contributed by atoms with Crippen molar-refractivity contribution >= 4 is 23.7 Å². The maximum Gasteiger partial charge on any atom is 0.338 e. The summed E-state index contributed by atoms with van der Waals surface area (Å²) < 4.78 is 10.2. The lowest BCUT2D eigenvalue weighted by molar-refractivity contribution is -0.124. The molecule has 0 aromatic heterocycles. The molecule has 0 unspecified atom stereocenters. The van der Waals surface area contributed by atoms with E-state index in [-0.39, 0.29) is 35.5 Å². The number of methoxy groups -OCH3 is 1. The number of nitrogens with one attached hydrogen (secondary N) is 1. The molecule has 0 radical (unpaired) electrons. The van der Waals surface area contributed by atoms with Gasteiger partial charge >= 0.3 is 5.97 Å². The Labute approximate surface area is 191 Å². The molecule has 172 valence electrons.